The standard InChI is InChI=1S/C18H16ClN5OS/c1-11(13-7-20-23(2)8-13)21-17(25)16-10-26-18-22-15(9-24(16)18)12-4-3-5-14(19)6-12/h3-11H,1-2H3,(H,21,25). The molecule has 0 aliphatic rings. The van der Waals surface area contributed by atoms with Gasteiger partial charge in [-0.05, 0) is 19.1 Å². The van der Waals surface area contributed by atoms with Crippen molar-refractivity contribution in [2.45, 2.75) is 13.0 Å². The van der Waals surface area contributed by atoms with Crippen molar-refractivity contribution in [2.24, 2.45) is 7.05 Å². The van der Waals surface area contributed by atoms with E-state index in [-0.39, 0.29) is 11.9 Å². The van der Waals surface area contributed by atoms with Gasteiger partial charge in [0.05, 0.1) is 17.9 Å². The van der Waals surface area contributed by atoms with Gasteiger partial charge in [0.2, 0.25) is 0 Å². The van der Waals surface area contributed by atoms with Gasteiger partial charge >= 0.3 is 0 Å². The normalized spacial score (nSPS) is 12.4. The summed E-state index contributed by atoms with van der Waals surface area (Å²) in [5.74, 6) is -0.150. The molecule has 3 aromatic heterocycles. The molecule has 4 aromatic rings. The summed E-state index contributed by atoms with van der Waals surface area (Å²) in [5.41, 5.74) is 3.22. The maximum absolute atomic E-state index is 12.7. The fraction of sp³-hybridized carbons (Fsp3) is 0.167. The van der Waals surface area contributed by atoms with E-state index >= 15 is 0 Å². The van der Waals surface area contributed by atoms with Crippen molar-refractivity contribution in [1.82, 2.24) is 24.5 Å². The van der Waals surface area contributed by atoms with Gasteiger partial charge in [0.25, 0.3) is 5.91 Å². The van der Waals surface area contributed by atoms with Crippen LogP contribution in [0.1, 0.15) is 29.0 Å². The Morgan fingerprint density at radius 1 is 1.35 bits per heavy atom. The van der Waals surface area contributed by atoms with Crippen LogP contribution >= 0.6 is 22.9 Å². The number of carbonyl (C=O) groups is 1. The van der Waals surface area contributed by atoms with Gasteiger partial charge in [-0.2, -0.15) is 5.10 Å². The first-order valence-electron chi connectivity index (χ1n) is 8.03. The zero-order chi connectivity index (χ0) is 18.3. The van der Waals surface area contributed by atoms with Crippen molar-refractivity contribution >= 4 is 33.8 Å². The maximum Gasteiger partial charge on any atom is 0.269 e. The minimum atomic E-state index is -0.150. The molecule has 0 radical (unpaired) electrons. The van der Waals surface area contributed by atoms with Crippen LogP contribution in [-0.2, 0) is 7.05 Å². The molecule has 0 saturated heterocycles. The average Bonchev–Trinajstić information content (AvgIpc) is 3.29. The summed E-state index contributed by atoms with van der Waals surface area (Å²) in [7, 11) is 1.85. The largest absolute Gasteiger partial charge is 0.344 e. The number of hydrogen-bond acceptors (Lipinski definition) is 4. The first-order chi connectivity index (χ1) is 12.5. The molecule has 1 N–H and O–H groups in total. The number of nitrogens with one attached hydrogen (secondary N) is 1. The highest BCUT2D eigenvalue weighted by Gasteiger charge is 2.18. The lowest BCUT2D eigenvalue weighted by molar-refractivity contribution is 0.0934. The molecule has 1 unspecified atom stereocenters. The van der Waals surface area contributed by atoms with Gasteiger partial charge in [0, 0.05) is 41.0 Å². The first-order valence-corrected chi connectivity index (χ1v) is 9.29. The average molecular weight is 386 g/mol. The lowest BCUT2D eigenvalue weighted by Crippen LogP contribution is -2.27. The quantitative estimate of drug-likeness (QED) is 0.578. The van der Waals surface area contributed by atoms with E-state index in [0.29, 0.717) is 10.7 Å². The lowest BCUT2D eigenvalue weighted by atomic mass is 10.2. The topological polar surface area (TPSA) is 64.2 Å². The zero-order valence-corrected chi connectivity index (χ0v) is 15.8. The molecule has 8 heteroatoms. The molecule has 0 bridgehead atoms. The number of carbonyl (C=O) groups excluding carboxylic acids is 1. The van der Waals surface area contributed by atoms with Crippen molar-refractivity contribution in [3.8, 4) is 11.3 Å². The number of aryl methyl sites for hydroxylation is 1. The summed E-state index contributed by atoms with van der Waals surface area (Å²) < 4.78 is 3.53. The first kappa shape index (κ1) is 16.8. The number of amides is 1. The van der Waals surface area contributed by atoms with E-state index in [1.807, 2.05) is 60.4 Å². The van der Waals surface area contributed by atoms with Crippen molar-refractivity contribution in [3.05, 3.63) is 64.5 Å². The van der Waals surface area contributed by atoms with Crippen molar-refractivity contribution in [3.63, 3.8) is 0 Å². The summed E-state index contributed by atoms with van der Waals surface area (Å²) in [6, 6.07) is 7.37. The molecule has 1 amide bonds. The molecule has 0 saturated carbocycles. The number of rotatable bonds is 4. The van der Waals surface area contributed by atoms with Gasteiger partial charge in [0.1, 0.15) is 5.69 Å². The molecule has 0 fully saturated rings. The third kappa shape index (κ3) is 3.11. The third-order valence-electron chi connectivity index (χ3n) is 4.13. The minimum absolute atomic E-state index is 0.137. The number of imidazole rings is 1. The Hall–Kier alpha value is -2.64. The van der Waals surface area contributed by atoms with E-state index < -0.39 is 0 Å². The number of thiazole rings is 1. The Kier molecular flexibility index (Phi) is 4.26. The second-order valence-corrected chi connectivity index (χ2v) is 7.33. The number of hydrogen-bond donors (Lipinski definition) is 1. The smallest absolute Gasteiger partial charge is 0.269 e. The second-order valence-electron chi connectivity index (χ2n) is 6.05. The summed E-state index contributed by atoms with van der Waals surface area (Å²) in [6.45, 7) is 1.93. The Balaban J connectivity index is 1.61. The Morgan fingerprint density at radius 2 is 2.19 bits per heavy atom. The predicted octanol–water partition coefficient (Wildman–Crippen LogP) is 3.94. The van der Waals surface area contributed by atoms with Gasteiger partial charge in [-0.25, -0.2) is 4.98 Å². The van der Waals surface area contributed by atoms with Crippen LogP contribution in [0.4, 0.5) is 0 Å². The minimum Gasteiger partial charge on any atom is -0.344 e. The SMILES string of the molecule is CC(NC(=O)c1csc2nc(-c3cccc(Cl)c3)cn12)c1cnn(C)c1. The Bertz CT molecular complexity index is 1100. The molecular formula is C18H16ClN5OS. The third-order valence-corrected chi connectivity index (χ3v) is 5.21. The van der Waals surface area contributed by atoms with E-state index in [9.17, 15) is 4.79 Å². The van der Waals surface area contributed by atoms with Crippen LogP contribution in [0.15, 0.2) is 48.2 Å². The molecular weight excluding hydrogens is 370 g/mol. The maximum atomic E-state index is 12.7. The van der Waals surface area contributed by atoms with Crippen LogP contribution in [0.25, 0.3) is 16.2 Å². The van der Waals surface area contributed by atoms with Crippen molar-refractivity contribution in [2.75, 3.05) is 0 Å². The molecule has 6 nitrogen and oxygen atoms in total. The summed E-state index contributed by atoms with van der Waals surface area (Å²) in [4.78, 5) is 18.1. The monoisotopic (exact) mass is 385 g/mol. The van der Waals surface area contributed by atoms with Gasteiger partial charge in [-0.1, -0.05) is 23.7 Å². The lowest BCUT2D eigenvalue weighted by Gasteiger charge is -2.11. The fourth-order valence-corrected chi connectivity index (χ4v) is 3.80. The summed E-state index contributed by atoms with van der Waals surface area (Å²) >= 11 is 7.49. The van der Waals surface area contributed by atoms with Crippen LogP contribution in [0.5, 0.6) is 0 Å². The van der Waals surface area contributed by atoms with Gasteiger partial charge in [-0.3, -0.25) is 13.9 Å². The second kappa shape index (κ2) is 6.59. The van der Waals surface area contributed by atoms with Crippen LogP contribution in [0.3, 0.4) is 0 Å². The summed E-state index contributed by atoms with van der Waals surface area (Å²) in [5, 5.41) is 9.62. The number of benzene rings is 1. The van der Waals surface area contributed by atoms with Crippen LogP contribution in [-0.4, -0.2) is 25.1 Å². The van der Waals surface area contributed by atoms with Gasteiger partial charge in [-0.15, -0.1) is 11.3 Å². The Labute approximate surface area is 159 Å². The predicted molar refractivity (Wildman–Crippen MR) is 103 cm³/mol. The molecule has 0 aliphatic heterocycles. The highest BCUT2D eigenvalue weighted by Crippen LogP contribution is 2.26. The number of nitrogens with zero attached hydrogens (tertiary/aromatic N) is 4. The summed E-state index contributed by atoms with van der Waals surface area (Å²) in [6.07, 6.45) is 5.51. The molecule has 4 rings (SSSR count). The van der Waals surface area contributed by atoms with Crippen LogP contribution in [0.2, 0.25) is 5.02 Å². The van der Waals surface area contributed by atoms with E-state index in [1.54, 1.807) is 10.9 Å². The van der Waals surface area contributed by atoms with Crippen LogP contribution < -0.4 is 5.32 Å². The molecule has 26 heavy (non-hydrogen) atoms. The Morgan fingerprint density at radius 3 is 2.92 bits per heavy atom. The molecule has 132 valence electrons. The number of fused-ring (bicyclic) bond motifs is 1. The molecule has 0 spiro atoms. The zero-order valence-electron chi connectivity index (χ0n) is 14.2. The number of halogens is 1. The van der Waals surface area contributed by atoms with E-state index in [2.05, 4.69) is 15.4 Å². The molecule has 1 atom stereocenters. The van der Waals surface area contributed by atoms with E-state index in [4.69, 9.17) is 11.6 Å². The van der Waals surface area contributed by atoms with Crippen molar-refractivity contribution < 1.29 is 4.79 Å². The van der Waals surface area contributed by atoms with Crippen molar-refractivity contribution in [1.29, 1.82) is 0 Å². The van der Waals surface area contributed by atoms with Gasteiger partial charge < -0.3 is 5.32 Å². The van der Waals surface area contributed by atoms with Crippen LogP contribution in [0, 0.1) is 0 Å². The highest BCUT2D eigenvalue weighted by molar-refractivity contribution is 7.15. The van der Waals surface area contributed by atoms with Gasteiger partial charge in [0.15, 0.2) is 4.96 Å². The molecule has 1 aromatic carbocycles. The molecule has 0 aliphatic carbocycles. The van der Waals surface area contributed by atoms with E-state index in [0.717, 1.165) is 21.8 Å². The highest BCUT2D eigenvalue weighted by atomic mass is 35.5. The fourth-order valence-electron chi connectivity index (χ4n) is 2.75. The molecule has 3 heterocycles. The number of aromatic nitrogens is 4. The van der Waals surface area contributed by atoms with E-state index in [1.165, 1.54) is 11.3 Å².